The number of allylic oxidation sites excluding steroid dienone is 2. The maximum Gasteiger partial charge on any atom is 0.222 e. The first-order valence-corrected chi connectivity index (χ1v) is 10.9. The predicted molar refractivity (Wildman–Crippen MR) is 122 cm³/mol. The van der Waals surface area contributed by atoms with Gasteiger partial charge in [-0.05, 0) is 36.6 Å². The number of nitrogens with zero attached hydrogens (tertiary/aromatic N) is 3. The summed E-state index contributed by atoms with van der Waals surface area (Å²) in [4.78, 5) is 15.1. The van der Waals surface area contributed by atoms with Gasteiger partial charge in [0, 0.05) is 49.7 Å². The third-order valence-electron chi connectivity index (χ3n) is 6.25. The Hall–Kier alpha value is -3.34. The molecule has 5 nitrogen and oxygen atoms in total. The topological polar surface area (TPSA) is 47.4 Å². The number of fused-ring (bicyclic) bond motifs is 1. The maximum absolute atomic E-state index is 13.0. The van der Waals surface area contributed by atoms with Gasteiger partial charge >= 0.3 is 0 Å². The number of aromatic nitrogens is 2. The molecule has 1 aliphatic carbocycles. The van der Waals surface area contributed by atoms with E-state index < -0.39 is 0 Å². The van der Waals surface area contributed by atoms with Crippen molar-refractivity contribution in [1.82, 2.24) is 9.78 Å². The van der Waals surface area contributed by atoms with E-state index in [1.54, 1.807) is 0 Å². The third-order valence-corrected chi connectivity index (χ3v) is 6.25. The van der Waals surface area contributed by atoms with E-state index >= 15 is 0 Å². The van der Waals surface area contributed by atoms with Crippen molar-refractivity contribution in [1.29, 1.82) is 0 Å². The fraction of sp³-hybridized carbons (Fsp3) is 0.308. The van der Waals surface area contributed by atoms with E-state index in [2.05, 4.69) is 41.3 Å². The summed E-state index contributed by atoms with van der Waals surface area (Å²) in [7, 11) is 4.06. The molecule has 0 saturated carbocycles. The summed E-state index contributed by atoms with van der Waals surface area (Å²) in [5.41, 5.74) is 6.17. The normalized spacial score (nSPS) is 17.8. The minimum Gasteiger partial charge on any atom is -0.443 e. The van der Waals surface area contributed by atoms with Crippen LogP contribution in [0.5, 0.6) is 5.88 Å². The lowest BCUT2D eigenvalue weighted by Gasteiger charge is -2.31. The first-order chi connectivity index (χ1) is 15.0. The molecule has 0 radical (unpaired) electrons. The van der Waals surface area contributed by atoms with Crippen molar-refractivity contribution in [3.8, 4) is 5.88 Å². The maximum atomic E-state index is 13.0. The highest BCUT2D eigenvalue weighted by molar-refractivity contribution is 5.99. The van der Waals surface area contributed by atoms with Crippen LogP contribution in [0.4, 0.5) is 5.69 Å². The number of benzene rings is 2. The van der Waals surface area contributed by atoms with Crippen LogP contribution in [0.1, 0.15) is 47.6 Å². The smallest absolute Gasteiger partial charge is 0.222 e. The van der Waals surface area contributed by atoms with Crippen LogP contribution in [0.2, 0.25) is 0 Å². The second kappa shape index (κ2) is 7.73. The van der Waals surface area contributed by atoms with Crippen molar-refractivity contribution < 1.29 is 9.53 Å². The van der Waals surface area contributed by atoms with Crippen LogP contribution < -0.4 is 9.64 Å². The average molecular weight is 414 g/mol. The Kier molecular flexibility index (Phi) is 4.89. The van der Waals surface area contributed by atoms with Gasteiger partial charge in [-0.15, -0.1) is 0 Å². The summed E-state index contributed by atoms with van der Waals surface area (Å²) in [5.74, 6) is 1.66. The van der Waals surface area contributed by atoms with Crippen LogP contribution in [0, 0.1) is 6.92 Å². The number of ether oxygens (including phenoxy) is 1. The number of anilines is 1. The SMILES string of the molecule is Cc1nn(Cc2ccccc2)c2c1[C@@H](c1ccc(N(C)C)cc1)C1=C(CCCC1=O)O2. The standard InChI is InChI=1S/C26H27N3O2/c1-17-23-24(19-12-14-20(15-13-19)28(2)3)25-21(30)10-7-11-22(25)31-26(23)29(27-17)16-18-8-5-4-6-9-18/h4-6,8-9,12-15,24H,7,10-11,16H2,1-3H3/t24-/m1/s1. The molecule has 1 aromatic heterocycles. The Morgan fingerprint density at radius 3 is 2.52 bits per heavy atom. The largest absolute Gasteiger partial charge is 0.443 e. The van der Waals surface area contributed by atoms with E-state index in [0.717, 1.165) is 52.6 Å². The molecule has 1 atom stereocenters. The van der Waals surface area contributed by atoms with Crippen LogP contribution in [-0.4, -0.2) is 29.7 Å². The molecular weight excluding hydrogens is 386 g/mol. The lowest BCUT2D eigenvalue weighted by Crippen LogP contribution is -2.26. The van der Waals surface area contributed by atoms with Gasteiger partial charge in [0.1, 0.15) is 5.76 Å². The van der Waals surface area contributed by atoms with Crippen molar-refractivity contribution in [2.75, 3.05) is 19.0 Å². The van der Waals surface area contributed by atoms with Crippen LogP contribution in [0.15, 0.2) is 65.9 Å². The number of aryl methyl sites for hydroxylation is 1. The molecule has 0 saturated heterocycles. The number of ketones is 1. The van der Waals surface area contributed by atoms with Crippen LogP contribution in [-0.2, 0) is 11.3 Å². The van der Waals surface area contributed by atoms with Crippen molar-refractivity contribution in [2.24, 2.45) is 0 Å². The van der Waals surface area contributed by atoms with Gasteiger partial charge in [-0.1, -0.05) is 42.5 Å². The lowest BCUT2D eigenvalue weighted by molar-refractivity contribution is -0.116. The second-order valence-corrected chi connectivity index (χ2v) is 8.58. The third kappa shape index (κ3) is 3.44. The van der Waals surface area contributed by atoms with Gasteiger partial charge in [-0.2, -0.15) is 5.10 Å². The van der Waals surface area contributed by atoms with E-state index in [1.807, 2.05) is 43.9 Å². The molecule has 0 bridgehead atoms. The number of hydrogen-bond donors (Lipinski definition) is 0. The van der Waals surface area contributed by atoms with E-state index in [4.69, 9.17) is 9.84 Å². The van der Waals surface area contributed by atoms with Gasteiger partial charge in [-0.25, -0.2) is 4.68 Å². The van der Waals surface area contributed by atoms with Gasteiger partial charge in [-0.3, -0.25) is 4.79 Å². The van der Waals surface area contributed by atoms with E-state index in [1.165, 1.54) is 5.56 Å². The van der Waals surface area contributed by atoms with Gasteiger partial charge in [0.05, 0.1) is 12.2 Å². The van der Waals surface area contributed by atoms with Crippen LogP contribution in [0.25, 0.3) is 0 Å². The summed E-state index contributed by atoms with van der Waals surface area (Å²) in [6.45, 7) is 2.66. The molecule has 0 N–H and O–H groups in total. The molecule has 0 unspecified atom stereocenters. The van der Waals surface area contributed by atoms with Crippen molar-refractivity contribution in [3.63, 3.8) is 0 Å². The number of carbonyl (C=O) groups is 1. The second-order valence-electron chi connectivity index (χ2n) is 8.58. The van der Waals surface area contributed by atoms with E-state index in [0.29, 0.717) is 13.0 Å². The zero-order chi connectivity index (χ0) is 21.5. The quantitative estimate of drug-likeness (QED) is 0.614. The van der Waals surface area contributed by atoms with Crippen molar-refractivity contribution in [3.05, 3.63) is 88.3 Å². The predicted octanol–water partition coefficient (Wildman–Crippen LogP) is 4.84. The monoisotopic (exact) mass is 413 g/mol. The first-order valence-electron chi connectivity index (χ1n) is 10.9. The van der Waals surface area contributed by atoms with Crippen molar-refractivity contribution in [2.45, 2.75) is 38.6 Å². The Morgan fingerprint density at radius 2 is 1.81 bits per heavy atom. The molecular formula is C26H27N3O2. The number of hydrogen-bond acceptors (Lipinski definition) is 4. The molecule has 3 aromatic rings. The Labute approximate surface area is 183 Å². The zero-order valence-electron chi connectivity index (χ0n) is 18.3. The zero-order valence-corrected chi connectivity index (χ0v) is 18.3. The Morgan fingerprint density at radius 1 is 1.06 bits per heavy atom. The van der Waals surface area contributed by atoms with Gasteiger partial charge in [0.15, 0.2) is 5.78 Å². The number of carbonyl (C=O) groups excluding carboxylic acids is 1. The van der Waals surface area contributed by atoms with Crippen LogP contribution in [0.3, 0.4) is 0 Å². The molecule has 2 aromatic carbocycles. The fourth-order valence-corrected chi connectivity index (χ4v) is 4.70. The molecule has 158 valence electrons. The molecule has 5 heteroatoms. The highest BCUT2D eigenvalue weighted by Gasteiger charge is 2.40. The molecule has 2 heterocycles. The average Bonchev–Trinajstić information content (AvgIpc) is 3.08. The molecule has 31 heavy (non-hydrogen) atoms. The summed E-state index contributed by atoms with van der Waals surface area (Å²) < 4.78 is 8.34. The summed E-state index contributed by atoms with van der Waals surface area (Å²) in [6, 6.07) is 18.8. The Balaban J connectivity index is 1.64. The first kappa shape index (κ1) is 19.6. The lowest BCUT2D eigenvalue weighted by atomic mass is 9.77. The fourth-order valence-electron chi connectivity index (χ4n) is 4.70. The van der Waals surface area contributed by atoms with Gasteiger partial charge in [0.25, 0.3) is 0 Å². The molecule has 0 spiro atoms. The number of rotatable bonds is 4. The highest BCUT2D eigenvalue weighted by atomic mass is 16.5. The molecule has 0 amide bonds. The molecule has 1 aliphatic heterocycles. The van der Waals surface area contributed by atoms with Gasteiger partial charge < -0.3 is 9.64 Å². The molecule has 0 fully saturated rings. The summed E-state index contributed by atoms with van der Waals surface area (Å²) in [6.07, 6.45) is 2.22. The van der Waals surface area contributed by atoms with Crippen LogP contribution >= 0.6 is 0 Å². The van der Waals surface area contributed by atoms with Crippen molar-refractivity contribution >= 4 is 11.5 Å². The van der Waals surface area contributed by atoms with E-state index in [9.17, 15) is 4.79 Å². The summed E-state index contributed by atoms with van der Waals surface area (Å²) >= 11 is 0. The molecule has 5 rings (SSSR count). The molecule has 2 aliphatic rings. The van der Waals surface area contributed by atoms with E-state index in [-0.39, 0.29) is 11.7 Å². The minimum absolute atomic E-state index is 0.132. The van der Waals surface area contributed by atoms with Gasteiger partial charge in [0.2, 0.25) is 5.88 Å². The number of Topliss-reactive ketones (excluding diaryl/α,β-unsaturated/α-hetero) is 1. The Bertz CT molecular complexity index is 1160. The highest BCUT2D eigenvalue weighted by Crippen LogP contribution is 2.48. The summed E-state index contributed by atoms with van der Waals surface area (Å²) in [5, 5.41) is 4.84. The minimum atomic E-state index is -0.132.